The first-order valence-corrected chi connectivity index (χ1v) is 7.80. The molecule has 0 aliphatic carbocycles. The van der Waals surface area contributed by atoms with Crippen LogP contribution in [0.4, 0.5) is 4.39 Å². The fourth-order valence-electron chi connectivity index (χ4n) is 2.44. The van der Waals surface area contributed by atoms with E-state index in [1.54, 1.807) is 0 Å². The van der Waals surface area contributed by atoms with Crippen LogP contribution in [0.25, 0.3) is 0 Å². The number of nitrogens with one attached hydrogen (secondary N) is 1. The van der Waals surface area contributed by atoms with Gasteiger partial charge in [0.15, 0.2) is 0 Å². The molecule has 2 atom stereocenters. The Hall–Kier alpha value is -0.930. The van der Waals surface area contributed by atoms with E-state index in [2.05, 4.69) is 19.2 Å². The van der Waals surface area contributed by atoms with Crippen LogP contribution in [0.3, 0.4) is 0 Å². The second kappa shape index (κ2) is 9.89. The Bertz CT molecular complexity index is 347. The van der Waals surface area contributed by atoms with Gasteiger partial charge in [0.05, 0.1) is 6.10 Å². The summed E-state index contributed by atoms with van der Waals surface area (Å²) in [5, 5.41) is 3.58. The van der Waals surface area contributed by atoms with Gasteiger partial charge in [-0.2, -0.15) is 0 Å². The highest BCUT2D eigenvalue weighted by Crippen LogP contribution is 2.14. The van der Waals surface area contributed by atoms with Crippen molar-refractivity contribution in [1.29, 1.82) is 0 Å². The summed E-state index contributed by atoms with van der Waals surface area (Å²) in [6.45, 7) is 8.10. The molecule has 0 amide bonds. The Morgan fingerprint density at radius 2 is 1.80 bits per heavy atom. The molecule has 3 heteroatoms. The van der Waals surface area contributed by atoms with Crippen LogP contribution in [0.1, 0.15) is 45.6 Å². The number of rotatable bonds is 10. The van der Waals surface area contributed by atoms with Crippen LogP contribution >= 0.6 is 0 Å². The molecule has 20 heavy (non-hydrogen) atoms. The zero-order chi connectivity index (χ0) is 14.8. The van der Waals surface area contributed by atoms with Gasteiger partial charge in [-0.05, 0) is 50.4 Å². The third kappa shape index (κ3) is 6.02. The quantitative estimate of drug-likeness (QED) is 0.701. The zero-order valence-corrected chi connectivity index (χ0v) is 13.0. The van der Waals surface area contributed by atoms with Gasteiger partial charge in [0, 0.05) is 12.6 Å². The topological polar surface area (TPSA) is 21.3 Å². The highest BCUT2D eigenvalue weighted by molar-refractivity contribution is 5.17. The lowest BCUT2D eigenvalue weighted by molar-refractivity contribution is 0.0282. The molecule has 1 N–H and O–H groups in total. The molecule has 1 rings (SSSR count). The monoisotopic (exact) mass is 281 g/mol. The van der Waals surface area contributed by atoms with Crippen molar-refractivity contribution < 1.29 is 9.13 Å². The lowest BCUT2D eigenvalue weighted by Gasteiger charge is -2.28. The van der Waals surface area contributed by atoms with Crippen molar-refractivity contribution in [2.45, 2.75) is 58.6 Å². The number of benzene rings is 1. The van der Waals surface area contributed by atoms with Gasteiger partial charge in [0.1, 0.15) is 5.82 Å². The molecule has 1 aromatic rings. The maximum absolute atomic E-state index is 13.0. The minimum atomic E-state index is -0.179. The number of hydrogen-bond acceptors (Lipinski definition) is 2. The van der Waals surface area contributed by atoms with Crippen LogP contribution in [-0.4, -0.2) is 25.3 Å². The van der Waals surface area contributed by atoms with E-state index in [9.17, 15) is 4.39 Å². The van der Waals surface area contributed by atoms with E-state index in [4.69, 9.17) is 4.74 Å². The van der Waals surface area contributed by atoms with Gasteiger partial charge in [-0.1, -0.05) is 32.4 Å². The average molecular weight is 281 g/mol. The van der Waals surface area contributed by atoms with Crippen LogP contribution in [0.5, 0.6) is 0 Å². The molecule has 2 nitrogen and oxygen atoms in total. The molecular weight excluding hydrogens is 253 g/mol. The van der Waals surface area contributed by atoms with E-state index in [0.29, 0.717) is 6.04 Å². The molecule has 0 saturated carbocycles. The molecular formula is C17H28FNO. The fourth-order valence-corrected chi connectivity index (χ4v) is 2.44. The van der Waals surface area contributed by atoms with Gasteiger partial charge in [0.2, 0.25) is 0 Å². The Morgan fingerprint density at radius 1 is 1.10 bits per heavy atom. The third-order valence-electron chi connectivity index (χ3n) is 3.43. The minimum Gasteiger partial charge on any atom is -0.377 e. The second-order valence-electron chi connectivity index (χ2n) is 5.17. The maximum atomic E-state index is 13.0. The number of hydrogen-bond donors (Lipinski definition) is 1. The lowest BCUT2D eigenvalue weighted by Crippen LogP contribution is -2.43. The van der Waals surface area contributed by atoms with Crippen LogP contribution < -0.4 is 5.32 Å². The smallest absolute Gasteiger partial charge is 0.123 e. The normalized spacial score (nSPS) is 14.2. The van der Waals surface area contributed by atoms with E-state index in [1.807, 2.05) is 19.1 Å². The Labute approximate surface area is 122 Å². The number of halogens is 1. The van der Waals surface area contributed by atoms with Crippen LogP contribution in [0, 0.1) is 5.82 Å². The molecule has 0 aromatic heterocycles. The van der Waals surface area contributed by atoms with E-state index in [-0.39, 0.29) is 11.9 Å². The fraction of sp³-hybridized carbons (Fsp3) is 0.647. The van der Waals surface area contributed by atoms with Gasteiger partial charge < -0.3 is 10.1 Å². The second-order valence-corrected chi connectivity index (χ2v) is 5.17. The summed E-state index contributed by atoms with van der Waals surface area (Å²) in [7, 11) is 0. The van der Waals surface area contributed by atoms with Crippen molar-refractivity contribution in [3.63, 3.8) is 0 Å². The molecule has 0 heterocycles. The summed E-state index contributed by atoms with van der Waals surface area (Å²) in [5.74, 6) is -0.179. The van der Waals surface area contributed by atoms with Crippen molar-refractivity contribution in [2.24, 2.45) is 0 Å². The Morgan fingerprint density at radius 3 is 2.35 bits per heavy atom. The van der Waals surface area contributed by atoms with Crippen molar-refractivity contribution in [3.05, 3.63) is 35.6 Å². The maximum Gasteiger partial charge on any atom is 0.123 e. The molecule has 0 aliphatic heterocycles. The van der Waals surface area contributed by atoms with Gasteiger partial charge in [-0.15, -0.1) is 0 Å². The standard InChI is InChI=1S/C17H28FNO/c1-4-7-17(20-6-3)16(19-12-5-2)13-14-8-10-15(18)11-9-14/h8-11,16-17,19H,4-7,12-13H2,1-3H3. The average Bonchev–Trinajstić information content (AvgIpc) is 2.45. The van der Waals surface area contributed by atoms with E-state index < -0.39 is 0 Å². The largest absolute Gasteiger partial charge is 0.377 e. The van der Waals surface area contributed by atoms with Crippen LogP contribution in [0.2, 0.25) is 0 Å². The third-order valence-corrected chi connectivity index (χ3v) is 3.43. The van der Waals surface area contributed by atoms with E-state index in [1.165, 1.54) is 12.1 Å². The van der Waals surface area contributed by atoms with Gasteiger partial charge in [0.25, 0.3) is 0 Å². The predicted octanol–water partition coefficient (Wildman–Crippen LogP) is 3.94. The number of ether oxygens (including phenoxy) is 1. The van der Waals surface area contributed by atoms with E-state index in [0.717, 1.165) is 44.4 Å². The summed E-state index contributed by atoms with van der Waals surface area (Å²) in [6, 6.07) is 7.08. The minimum absolute atomic E-state index is 0.179. The molecule has 0 saturated heterocycles. The Kier molecular flexibility index (Phi) is 8.47. The van der Waals surface area contributed by atoms with Gasteiger partial charge in [-0.3, -0.25) is 0 Å². The first-order valence-electron chi connectivity index (χ1n) is 7.80. The van der Waals surface area contributed by atoms with Gasteiger partial charge in [-0.25, -0.2) is 4.39 Å². The van der Waals surface area contributed by atoms with Crippen LogP contribution in [-0.2, 0) is 11.2 Å². The Balaban J connectivity index is 2.72. The van der Waals surface area contributed by atoms with Crippen molar-refractivity contribution in [3.8, 4) is 0 Å². The molecule has 0 fully saturated rings. The molecule has 0 spiro atoms. The van der Waals surface area contributed by atoms with Crippen molar-refractivity contribution >= 4 is 0 Å². The van der Waals surface area contributed by atoms with Gasteiger partial charge >= 0.3 is 0 Å². The van der Waals surface area contributed by atoms with Crippen molar-refractivity contribution in [2.75, 3.05) is 13.2 Å². The molecule has 114 valence electrons. The SMILES string of the molecule is CCCNC(Cc1ccc(F)cc1)C(CCC)OCC. The van der Waals surface area contributed by atoms with Crippen LogP contribution in [0.15, 0.2) is 24.3 Å². The van der Waals surface area contributed by atoms with Crippen molar-refractivity contribution in [1.82, 2.24) is 5.32 Å². The lowest BCUT2D eigenvalue weighted by atomic mass is 9.98. The summed E-state index contributed by atoms with van der Waals surface area (Å²) in [4.78, 5) is 0. The summed E-state index contributed by atoms with van der Waals surface area (Å²) in [6.07, 6.45) is 4.37. The summed E-state index contributed by atoms with van der Waals surface area (Å²) >= 11 is 0. The molecule has 0 bridgehead atoms. The highest BCUT2D eigenvalue weighted by Gasteiger charge is 2.20. The zero-order valence-electron chi connectivity index (χ0n) is 13.0. The summed E-state index contributed by atoms with van der Waals surface area (Å²) in [5.41, 5.74) is 1.15. The summed E-state index contributed by atoms with van der Waals surface area (Å²) < 4.78 is 18.9. The van der Waals surface area contributed by atoms with E-state index >= 15 is 0 Å². The molecule has 0 radical (unpaired) electrons. The highest BCUT2D eigenvalue weighted by atomic mass is 19.1. The first kappa shape index (κ1) is 17.1. The molecule has 1 aromatic carbocycles. The molecule has 2 unspecified atom stereocenters. The first-order chi connectivity index (χ1) is 9.71. The molecule has 0 aliphatic rings. The predicted molar refractivity (Wildman–Crippen MR) is 82.5 cm³/mol.